The van der Waals surface area contributed by atoms with Gasteiger partial charge in [-0.1, -0.05) is 42.1 Å². The summed E-state index contributed by atoms with van der Waals surface area (Å²) in [6.45, 7) is 4.24. The van der Waals surface area contributed by atoms with Crippen LogP contribution in [0.15, 0.2) is 65.3 Å². The average Bonchev–Trinajstić information content (AvgIpc) is 3.29. The topological polar surface area (TPSA) is 156 Å². The van der Waals surface area contributed by atoms with Gasteiger partial charge in [0.15, 0.2) is 28.9 Å². The maximum atomic E-state index is 13.8. The molecule has 2 aromatic carbocycles. The van der Waals surface area contributed by atoms with Crippen LogP contribution in [0.1, 0.15) is 33.3 Å². The molecule has 2 aromatic rings. The van der Waals surface area contributed by atoms with Crippen LogP contribution in [0.3, 0.4) is 0 Å². The number of thioether (sulfide) groups is 1. The monoisotopic (exact) mass is 640 g/mol. The number of ether oxygens (including phenoxy) is 6. The van der Waals surface area contributed by atoms with Crippen LogP contribution in [-0.2, 0) is 47.7 Å². The zero-order valence-corrected chi connectivity index (χ0v) is 26.0. The van der Waals surface area contributed by atoms with Crippen molar-refractivity contribution in [1.29, 1.82) is 0 Å². The molecule has 0 N–H and O–H groups in total. The molecule has 0 aromatic heterocycles. The van der Waals surface area contributed by atoms with Crippen LogP contribution in [0.2, 0.25) is 0 Å². The van der Waals surface area contributed by atoms with Crippen molar-refractivity contribution in [2.75, 3.05) is 18.6 Å². The molecule has 0 saturated carbocycles. The summed E-state index contributed by atoms with van der Waals surface area (Å²) in [4.78, 5) is 68.0. The van der Waals surface area contributed by atoms with E-state index in [0.29, 0.717) is 17.0 Å². The van der Waals surface area contributed by atoms with Crippen molar-refractivity contribution < 1.29 is 52.4 Å². The van der Waals surface area contributed by atoms with Crippen molar-refractivity contribution in [2.45, 2.75) is 57.5 Å². The molecule has 5 atom stereocenters. The maximum absolute atomic E-state index is 13.8. The van der Waals surface area contributed by atoms with Crippen molar-refractivity contribution in [2.24, 2.45) is 4.99 Å². The number of amidine groups is 1. The molecule has 2 aliphatic heterocycles. The lowest BCUT2D eigenvalue weighted by atomic mass is 9.99. The average molecular weight is 641 g/mol. The fourth-order valence-corrected chi connectivity index (χ4v) is 5.82. The zero-order chi connectivity index (χ0) is 32.7. The highest BCUT2D eigenvalue weighted by atomic mass is 32.2. The van der Waals surface area contributed by atoms with E-state index in [0.717, 1.165) is 32.5 Å². The van der Waals surface area contributed by atoms with Crippen LogP contribution < -0.4 is 9.64 Å². The first kappa shape index (κ1) is 33.2. The zero-order valence-electron chi connectivity index (χ0n) is 25.2. The molecule has 1 saturated heterocycles. The third-order valence-corrected chi connectivity index (χ3v) is 7.53. The normalized spacial score (nSPS) is 23.6. The van der Waals surface area contributed by atoms with E-state index in [1.807, 2.05) is 0 Å². The molecule has 45 heavy (non-hydrogen) atoms. The number of nitrogens with zero attached hydrogens (tertiary/aromatic N) is 2. The first-order chi connectivity index (χ1) is 21.5. The molecule has 1 amide bonds. The summed E-state index contributed by atoms with van der Waals surface area (Å²) in [6, 6.07) is 15.8. The molecular weight excluding hydrogens is 608 g/mol. The summed E-state index contributed by atoms with van der Waals surface area (Å²) in [5, 5.41) is 0.159. The molecule has 13 nitrogen and oxygen atoms in total. The van der Waals surface area contributed by atoms with Gasteiger partial charge < -0.3 is 28.4 Å². The van der Waals surface area contributed by atoms with Crippen LogP contribution in [0.4, 0.5) is 5.69 Å². The highest BCUT2D eigenvalue weighted by Gasteiger charge is 2.53. The van der Waals surface area contributed by atoms with Gasteiger partial charge in [0.05, 0.1) is 12.8 Å². The van der Waals surface area contributed by atoms with E-state index in [1.165, 1.54) is 11.8 Å². The Morgan fingerprint density at radius 2 is 1.44 bits per heavy atom. The van der Waals surface area contributed by atoms with Gasteiger partial charge >= 0.3 is 23.9 Å². The molecule has 4 rings (SSSR count). The van der Waals surface area contributed by atoms with E-state index in [9.17, 15) is 24.0 Å². The minimum absolute atomic E-state index is 0.108. The quantitative estimate of drug-likeness (QED) is 0.224. The largest absolute Gasteiger partial charge is 0.497 e. The van der Waals surface area contributed by atoms with Gasteiger partial charge in [-0.05, 0) is 35.9 Å². The van der Waals surface area contributed by atoms with Crippen molar-refractivity contribution in [1.82, 2.24) is 0 Å². The minimum Gasteiger partial charge on any atom is -0.497 e. The van der Waals surface area contributed by atoms with Gasteiger partial charge in [-0.3, -0.25) is 28.9 Å². The van der Waals surface area contributed by atoms with Gasteiger partial charge in [-0.15, -0.1) is 0 Å². The molecule has 0 unspecified atom stereocenters. The van der Waals surface area contributed by atoms with Crippen molar-refractivity contribution >= 4 is 58.5 Å². The Morgan fingerprint density at radius 3 is 2.02 bits per heavy atom. The van der Waals surface area contributed by atoms with Gasteiger partial charge in [0.2, 0.25) is 0 Å². The van der Waals surface area contributed by atoms with Gasteiger partial charge in [-0.25, -0.2) is 4.99 Å². The van der Waals surface area contributed by atoms with E-state index in [-0.39, 0.29) is 17.5 Å². The Hall–Kier alpha value is -4.69. The summed E-state index contributed by atoms with van der Waals surface area (Å²) in [5.41, 5.74) is 0.118. The summed E-state index contributed by atoms with van der Waals surface area (Å²) >= 11 is 0.918. The Bertz CT molecular complexity index is 1490. The van der Waals surface area contributed by atoms with Crippen molar-refractivity contribution in [3.63, 3.8) is 0 Å². The number of hydrogen-bond acceptors (Lipinski definition) is 13. The molecular formula is C31H32N2O11S. The molecule has 0 bridgehead atoms. The number of aliphatic imine (C=N–C) groups is 1. The summed E-state index contributed by atoms with van der Waals surface area (Å²) in [5.74, 6) is -2.67. The first-order valence-electron chi connectivity index (χ1n) is 13.8. The number of rotatable bonds is 9. The van der Waals surface area contributed by atoms with Crippen LogP contribution in [-0.4, -0.2) is 78.5 Å². The fourth-order valence-electron chi connectivity index (χ4n) is 4.63. The second kappa shape index (κ2) is 14.9. The Kier molecular flexibility index (Phi) is 11.0. The van der Waals surface area contributed by atoms with Gasteiger partial charge in [-0.2, -0.15) is 0 Å². The second-order valence-electron chi connectivity index (χ2n) is 9.86. The lowest BCUT2D eigenvalue weighted by Crippen LogP contribution is -2.61. The molecule has 2 heterocycles. The highest BCUT2D eigenvalue weighted by molar-refractivity contribution is 8.14. The molecule has 0 radical (unpaired) electrons. The standard InChI is InChI=1S/C31H32N2O11S/c1-17(34)40-16-25-26(41-18(2)35)27(42-19(3)36)28(43-20(4)37)30(44-25)45-31-32-24(15-21-11-13-23(39-5)14-12-21)29(38)33(31)22-9-7-6-8-10-22/h6-15,25-28,30H,16H2,1-5H3/b24-15+/t25-,26+,27+,28-,30+/m1/s1. The third kappa shape index (κ3) is 8.48. The van der Waals surface area contributed by atoms with E-state index in [1.54, 1.807) is 67.8 Å². The number of amides is 1. The fraction of sp³-hybridized carbons (Fsp3) is 0.355. The smallest absolute Gasteiger partial charge is 0.303 e. The molecule has 1 fully saturated rings. The van der Waals surface area contributed by atoms with Crippen LogP contribution in [0.5, 0.6) is 5.75 Å². The maximum Gasteiger partial charge on any atom is 0.303 e. The lowest BCUT2D eigenvalue weighted by Gasteiger charge is -2.44. The predicted molar refractivity (Wildman–Crippen MR) is 162 cm³/mol. The third-order valence-electron chi connectivity index (χ3n) is 6.43. The van der Waals surface area contributed by atoms with E-state index in [2.05, 4.69) is 4.99 Å². The van der Waals surface area contributed by atoms with E-state index in [4.69, 9.17) is 28.4 Å². The number of methoxy groups -OCH3 is 1. The van der Waals surface area contributed by atoms with Gasteiger partial charge in [0.25, 0.3) is 5.91 Å². The summed E-state index contributed by atoms with van der Waals surface area (Å²) in [6.07, 6.45) is -3.55. The molecule has 238 valence electrons. The van der Waals surface area contributed by atoms with Gasteiger partial charge in [0.1, 0.15) is 24.2 Å². The number of esters is 4. The number of para-hydroxylation sites is 1. The number of anilines is 1. The number of carbonyl (C=O) groups is 5. The Labute approximate surface area is 263 Å². The lowest BCUT2D eigenvalue weighted by molar-refractivity contribution is -0.237. The van der Waals surface area contributed by atoms with Crippen molar-refractivity contribution in [3.05, 3.63) is 65.9 Å². The van der Waals surface area contributed by atoms with Crippen molar-refractivity contribution in [3.8, 4) is 5.75 Å². The summed E-state index contributed by atoms with van der Waals surface area (Å²) < 4.78 is 33.2. The van der Waals surface area contributed by atoms with Crippen LogP contribution in [0, 0.1) is 0 Å². The highest BCUT2D eigenvalue weighted by Crippen LogP contribution is 2.38. The second-order valence-corrected chi connectivity index (χ2v) is 10.9. The molecule has 2 aliphatic rings. The SMILES string of the molecule is COc1ccc(/C=C2/N=C(S[C@@H]3O[C@H](COC(C)=O)[C@H](OC(C)=O)[C@H](OC(C)=O)[C@H]3OC(C)=O)N(c3ccccc3)C2=O)cc1. The minimum atomic E-state index is -1.36. The molecule has 0 aliphatic carbocycles. The molecule has 0 spiro atoms. The van der Waals surface area contributed by atoms with Gasteiger partial charge in [0, 0.05) is 27.7 Å². The van der Waals surface area contributed by atoms with Crippen LogP contribution in [0.25, 0.3) is 6.08 Å². The van der Waals surface area contributed by atoms with E-state index < -0.39 is 59.6 Å². The Balaban J connectivity index is 1.77. The number of carbonyl (C=O) groups excluding carboxylic acids is 5. The summed E-state index contributed by atoms with van der Waals surface area (Å²) in [7, 11) is 1.55. The van der Waals surface area contributed by atoms with Crippen LogP contribution >= 0.6 is 11.8 Å². The number of hydrogen-bond donors (Lipinski definition) is 0. The molecule has 14 heteroatoms. The van der Waals surface area contributed by atoms with E-state index >= 15 is 0 Å². The number of benzene rings is 2. The Morgan fingerprint density at radius 1 is 0.844 bits per heavy atom. The predicted octanol–water partition coefficient (Wildman–Crippen LogP) is 3.26. The first-order valence-corrected chi connectivity index (χ1v) is 14.7.